The molecular formula is C12H18INO4S2. The van der Waals surface area contributed by atoms with Crippen molar-refractivity contribution in [3.05, 3.63) is 0 Å². The van der Waals surface area contributed by atoms with Crippen LogP contribution in [0, 0.1) is 0 Å². The van der Waals surface area contributed by atoms with Crippen LogP contribution in [0.4, 0.5) is 0 Å². The molecule has 5 nitrogen and oxygen atoms in total. The number of alkyl halides is 1. The first-order chi connectivity index (χ1) is 9.17. The van der Waals surface area contributed by atoms with E-state index in [1.807, 2.05) is 43.4 Å². The Morgan fingerprint density at radius 2 is 2.10 bits per heavy atom. The Kier molecular flexibility index (Phi) is 3.63. The summed E-state index contributed by atoms with van der Waals surface area (Å²) in [6, 6.07) is -0.194. The van der Waals surface area contributed by atoms with Crippen molar-refractivity contribution in [2.45, 2.75) is 60.6 Å². The third-order valence-electron chi connectivity index (χ3n) is 4.17. The molecule has 0 aromatic heterocycles. The van der Waals surface area contributed by atoms with Crippen LogP contribution >= 0.6 is 34.4 Å². The average Bonchev–Trinajstić information content (AvgIpc) is 2.90. The summed E-state index contributed by atoms with van der Waals surface area (Å²) in [6.07, 6.45) is 0.319. The number of hydrogen-bond donors (Lipinski definition) is 0. The summed E-state index contributed by atoms with van der Waals surface area (Å²) < 4.78 is 32.9. The Morgan fingerprint density at radius 3 is 2.65 bits per heavy atom. The lowest BCUT2D eigenvalue weighted by Gasteiger charge is -2.37. The number of ether oxygens (including phenoxy) is 1. The van der Waals surface area contributed by atoms with Crippen LogP contribution in [0.15, 0.2) is 0 Å². The van der Waals surface area contributed by atoms with E-state index in [1.165, 1.54) is 0 Å². The number of rotatable bonds is 2. The third kappa shape index (κ3) is 2.04. The fourth-order valence-corrected chi connectivity index (χ4v) is 9.06. The highest BCUT2D eigenvalue weighted by atomic mass is 127. The number of sulfonamides is 1. The molecule has 114 valence electrons. The average molecular weight is 431 g/mol. The van der Waals surface area contributed by atoms with Gasteiger partial charge >= 0.3 is 5.97 Å². The number of hydrogen-bond acceptors (Lipinski definition) is 5. The minimum atomic E-state index is -3.29. The van der Waals surface area contributed by atoms with Gasteiger partial charge in [0.05, 0.1) is 15.7 Å². The lowest BCUT2D eigenvalue weighted by Crippen LogP contribution is -2.53. The van der Waals surface area contributed by atoms with Gasteiger partial charge in [-0.1, -0.05) is 22.6 Å². The van der Waals surface area contributed by atoms with Gasteiger partial charge in [-0.3, -0.25) is 4.79 Å². The molecule has 0 saturated carbocycles. The molecule has 2 bridgehead atoms. The van der Waals surface area contributed by atoms with Crippen molar-refractivity contribution in [3.63, 3.8) is 0 Å². The maximum absolute atomic E-state index is 12.7. The maximum Gasteiger partial charge on any atom is 0.316 e. The summed E-state index contributed by atoms with van der Waals surface area (Å²) in [7, 11) is -3.29. The molecule has 0 aromatic rings. The van der Waals surface area contributed by atoms with Gasteiger partial charge in [-0.15, -0.1) is 11.8 Å². The second-order valence-electron chi connectivity index (χ2n) is 6.50. The number of thioether (sulfide) groups is 1. The Hall–Kier alpha value is 0.460. The maximum atomic E-state index is 12.7. The molecule has 3 fully saturated rings. The van der Waals surface area contributed by atoms with E-state index in [0.717, 1.165) is 0 Å². The molecule has 0 radical (unpaired) electrons. The molecule has 3 aliphatic rings. The van der Waals surface area contributed by atoms with Crippen LogP contribution in [-0.2, 0) is 19.6 Å². The van der Waals surface area contributed by atoms with Crippen LogP contribution in [-0.4, -0.2) is 56.6 Å². The molecule has 3 aliphatic heterocycles. The minimum absolute atomic E-state index is 0.0521. The standard InChI is InChI=1S/C12H18INO4S2/c1-12(2,3)14-9-10(18-8(15)5-13)6-4-7(11(9)19-6)20(14,16)17/h6-7,9-11H,4-5H2,1-3H3. The molecule has 5 atom stereocenters. The Bertz CT molecular complexity index is 544. The molecule has 0 aliphatic carbocycles. The van der Waals surface area contributed by atoms with E-state index in [-0.39, 0.29) is 33.9 Å². The third-order valence-corrected chi connectivity index (χ3v) is 9.29. The summed E-state index contributed by atoms with van der Waals surface area (Å²) >= 11 is 3.67. The first kappa shape index (κ1) is 15.4. The molecule has 3 heterocycles. The normalized spacial score (nSPS) is 42.1. The van der Waals surface area contributed by atoms with Crippen LogP contribution in [0.2, 0.25) is 0 Å². The van der Waals surface area contributed by atoms with Crippen molar-refractivity contribution in [3.8, 4) is 0 Å². The highest BCUT2D eigenvalue weighted by Crippen LogP contribution is 2.58. The van der Waals surface area contributed by atoms with Gasteiger partial charge in [0.1, 0.15) is 6.10 Å². The Balaban J connectivity index is 1.99. The van der Waals surface area contributed by atoms with Crippen LogP contribution in [0.25, 0.3) is 0 Å². The molecule has 5 unspecified atom stereocenters. The number of fused-ring (bicyclic) bond motifs is 1. The number of nitrogens with zero attached hydrogens (tertiary/aromatic N) is 1. The molecule has 8 heteroatoms. The van der Waals surface area contributed by atoms with Crippen molar-refractivity contribution >= 4 is 50.3 Å². The topological polar surface area (TPSA) is 63.7 Å². The summed E-state index contributed by atoms with van der Waals surface area (Å²) in [4.78, 5) is 11.6. The first-order valence-corrected chi connectivity index (χ1v) is 10.6. The molecule has 20 heavy (non-hydrogen) atoms. The predicted octanol–water partition coefficient (Wildman–Crippen LogP) is 1.40. The zero-order chi connectivity index (χ0) is 14.9. The fraction of sp³-hybridized carbons (Fsp3) is 0.917. The van der Waals surface area contributed by atoms with Gasteiger partial charge in [0.15, 0.2) is 0 Å². The summed E-state index contributed by atoms with van der Waals surface area (Å²) in [5, 5.41) is -0.114. The van der Waals surface area contributed by atoms with E-state index in [2.05, 4.69) is 0 Å². The van der Waals surface area contributed by atoms with Gasteiger partial charge in [0.2, 0.25) is 10.0 Å². The van der Waals surface area contributed by atoms with Gasteiger partial charge in [0.25, 0.3) is 0 Å². The smallest absolute Gasteiger partial charge is 0.316 e. The summed E-state index contributed by atoms with van der Waals surface area (Å²) in [6.45, 7) is 5.72. The number of esters is 1. The van der Waals surface area contributed by atoms with Gasteiger partial charge in [-0.05, 0) is 27.2 Å². The number of carbonyl (C=O) groups is 1. The monoisotopic (exact) mass is 431 g/mol. The van der Waals surface area contributed by atoms with Gasteiger partial charge in [-0.25, -0.2) is 8.42 Å². The van der Waals surface area contributed by atoms with Crippen molar-refractivity contribution in [2.75, 3.05) is 4.43 Å². The quantitative estimate of drug-likeness (QED) is 0.376. The number of halogens is 1. The zero-order valence-electron chi connectivity index (χ0n) is 11.6. The van der Waals surface area contributed by atoms with E-state index in [1.54, 1.807) is 16.1 Å². The van der Waals surface area contributed by atoms with Crippen molar-refractivity contribution in [1.29, 1.82) is 0 Å². The zero-order valence-corrected chi connectivity index (χ0v) is 15.4. The number of carbonyl (C=O) groups excluding carboxylic acids is 1. The summed E-state index contributed by atoms with van der Waals surface area (Å²) in [5.41, 5.74) is -0.481. The predicted molar refractivity (Wildman–Crippen MR) is 86.6 cm³/mol. The summed E-state index contributed by atoms with van der Waals surface area (Å²) in [5.74, 6) is -0.251. The van der Waals surface area contributed by atoms with E-state index in [4.69, 9.17) is 4.74 Å². The first-order valence-electron chi connectivity index (χ1n) is 6.62. The second-order valence-corrected chi connectivity index (χ2v) is 10.7. The van der Waals surface area contributed by atoms with Crippen molar-refractivity contribution in [1.82, 2.24) is 4.31 Å². The molecule has 0 N–H and O–H groups in total. The van der Waals surface area contributed by atoms with E-state index >= 15 is 0 Å². The van der Waals surface area contributed by atoms with E-state index in [9.17, 15) is 13.2 Å². The lowest BCUT2D eigenvalue weighted by molar-refractivity contribution is -0.148. The molecular weight excluding hydrogens is 413 g/mol. The van der Waals surface area contributed by atoms with Crippen molar-refractivity contribution < 1.29 is 17.9 Å². The lowest BCUT2D eigenvalue weighted by atomic mass is 9.90. The van der Waals surface area contributed by atoms with E-state index < -0.39 is 15.6 Å². The van der Waals surface area contributed by atoms with Crippen molar-refractivity contribution in [2.24, 2.45) is 0 Å². The van der Waals surface area contributed by atoms with Gasteiger partial charge in [-0.2, -0.15) is 4.31 Å². The molecule has 0 amide bonds. The SMILES string of the molecule is CC(C)(C)N1C2C(OC(=O)CI)C3CC(C2S3)S1(=O)=O. The fourth-order valence-electron chi connectivity index (χ4n) is 3.66. The molecule has 0 aromatic carbocycles. The molecule has 0 spiro atoms. The van der Waals surface area contributed by atoms with E-state index in [0.29, 0.717) is 10.8 Å². The van der Waals surface area contributed by atoms with Gasteiger partial charge in [0, 0.05) is 16.0 Å². The highest BCUT2D eigenvalue weighted by molar-refractivity contribution is 14.1. The largest absolute Gasteiger partial charge is 0.459 e. The van der Waals surface area contributed by atoms with Crippen LogP contribution < -0.4 is 0 Å². The molecule has 3 rings (SSSR count). The highest BCUT2D eigenvalue weighted by Gasteiger charge is 2.70. The minimum Gasteiger partial charge on any atom is -0.459 e. The van der Waals surface area contributed by atoms with Crippen LogP contribution in [0.5, 0.6) is 0 Å². The Morgan fingerprint density at radius 1 is 1.45 bits per heavy atom. The van der Waals surface area contributed by atoms with Gasteiger partial charge < -0.3 is 4.74 Å². The van der Waals surface area contributed by atoms with Crippen LogP contribution in [0.3, 0.4) is 0 Å². The van der Waals surface area contributed by atoms with Crippen LogP contribution in [0.1, 0.15) is 27.2 Å². The second kappa shape index (κ2) is 4.73. The molecule has 3 saturated heterocycles. The Labute approximate surface area is 137 Å².